The van der Waals surface area contributed by atoms with Crippen LogP contribution in [-0.4, -0.2) is 31.4 Å². The summed E-state index contributed by atoms with van der Waals surface area (Å²) in [5, 5.41) is 9.57. The quantitative estimate of drug-likeness (QED) is 0.435. The van der Waals surface area contributed by atoms with E-state index in [1.54, 1.807) is 12.1 Å². The smallest absolute Gasteiger partial charge is 0.345 e. The first-order valence-electron chi connectivity index (χ1n) is 5.05. The highest BCUT2D eigenvalue weighted by Gasteiger charge is 2.17. The van der Waals surface area contributed by atoms with Crippen molar-refractivity contribution in [1.82, 2.24) is 0 Å². The van der Waals surface area contributed by atoms with E-state index < -0.39 is 5.97 Å². The molecule has 0 spiro atoms. The molecule has 17 heavy (non-hydrogen) atoms. The van der Waals surface area contributed by atoms with Gasteiger partial charge in [-0.3, -0.25) is 0 Å². The highest BCUT2D eigenvalue weighted by molar-refractivity contribution is 5.95. The molecule has 0 atom stereocenters. The molecule has 0 aliphatic carbocycles. The molecular formula is C11H15NO5. The number of methoxy groups -OCH3 is 1. The fourth-order valence-corrected chi connectivity index (χ4v) is 1.27. The predicted octanol–water partition coefficient (Wildman–Crippen LogP) is 0.838. The third kappa shape index (κ3) is 3.61. The van der Waals surface area contributed by atoms with Gasteiger partial charge in [0.1, 0.15) is 17.1 Å². The van der Waals surface area contributed by atoms with E-state index in [9.17, 15) is 9.90 Å². The van der Waals surface area contributed by atoms with Gasteiger partial charge >= 0.3 is 5.97 Å². The van der Waals surface area contributed by atoms with Crippen molar-refractivity contribution in [3.8, 4) is 11.5 Å². The predicted molar refractivity (Wildman–Crippen MR) is 59.7 cm³/mol. The Balaban J connectivity index is 2.76. The van der Waals surface area contributed by atoms with E-state index in [2.05, 4.69) is 9.57 Å². The molecule has 0 aliphatic rings. The summed E-state index contributed by atoms with van der Waals surface area (Å²) in [6, 6.07) is 4.55. The summed E-state index contributed by atoms with van der Waals surface area (Å²) in [4.78, 5) is 15.8. The number of phenols is 1. The maximum atomic E-state index is 11.4. The number of carbonyl (C=O) groups is 1. The molecule has 0 fully saturated rings. The van der Waals surface area contributed by atoms with Crippen LogP contribution in [0.25, 0.3) is 0 Å². The van der Waals surface area contributed by atoms with Gasteiger partial charge in [0.15, 0.2) is 0 Å². The van der Waals surface area contributed by atoms with E-state index in [-0.39, 0.29) is 17.1 Å². The molecule has 0 saturated heterocycles. The standard InChI is InChI=1S/C11H15NO5/c1-15-11(14)10-8(13)4-2-5-9(10)16-6-3-7-17-12/h2,4-5,13H,3,6-7,12H2,1H3. The molecule has 0 heterocycles. The third-order valence-corrected chi connectivity index (χ3v) is 2.06. The second-order valence-corrected chi connectivity index (χ2v) is 3.21. The Hall–Kier alpha value is -1.79. The Morgan fingerprint density at radius 3 is 2.82 bits per heavy atom. The first-order chi connectivity index (χ1) is 8.20. The van der Waals surface area contributed by atoms with Crippen molar-refractivity contribution in [2.24, 2.45) is 5.90 Å². The highest BCUT2D eigenvalue weighted by Crippen LogP contribution is 2.28. The minimum absolute atomic E-state index is 0.0173. The number of ether oxygens (including phenoxy) is 2. The highest BCUT2D eigenvalue weighted by atomic mass is 16.6. The van der Waals surface area contributed by atoms with Gasteiger partial charge < -0.3 is 19.4 Å². The summed E-state index contributed by atoms with van der Waals surface area (Å²) in [5.74, 6) is 4.31. The Morgan fingerprint density at radius 1 is 1.41 bits per heavy atom. The average molecular weight is 241 g/mol. The van der Waals surface area contributed by atoms with Crippen LogP contribution in [0.4, 0.5) is 0 Å². The fourth-order valence-electron chi connectivity index (χ4n) is 1.27. The molecule has 0 bridgehead atoms. The Morgan fingerprint density at radius 2 is 2.18 bits per heavy atom. The second-order valence-electron chi connectivity index (χ2n) is 3.21. The van der Waals surface area contributed by atoms with Gasteiger partial charge in [-0.25, -0.2) is 10.7 Å². The number of nitrogens with two attached hydrogens (primary N) is 1. The summed E-state index contributed by atoms with van der Waals surface area (Å²) >= 11 is 0. The van der Waals surface area contributed by atoms with Gasteiger partial charge in [-0.05, 0) is 12.1 Å². The lowest BCUT2D eigenvalue weighted by Crippen LogP contribution is -2.09. The summed E-state index contributed by atoms with van der Waals surface area (Å²) in [6.45, 7) is 0.678. The van der Waals surface area contributed by atoms with E-state index >= 15 is 0 Å². The van der Waals surface area contributed by atoms with Crippen LogP contribution in [0, 0.1) is 0 Å². The van der Waals surface area contributed by atoms with Crippen molar-refractivity contribution < 1.29 is 24.2 Å². The number of esters is 1. The molecule has 0 amide bonds. The lowest BCUT2D eigenvalue weighted by atomic mass is 10.2. The SMILES string of the molecule is COC(=O)c1c(O)cccc1OCCCON. The molecule has 1 aromatic carbocycles. The van der Waals surface area contributed by atoms with Crippen LogP contribution in [0.1, 0.15) is 16.8 Å². The Labute approximate surface area is 98.8 Å². The number of hydrogen-bond donors (Lipinski definition) is 2. The number of aromatic hydroxyl groups is 1. The van der Waals surface area contributed by atoms with Crippen LogP contribution >= 0.6 is 0 Å². The van der Waals surface area contributed by atoms with Gasteiger partial charge in [-0.15, -0.1) is 0 Å². The summed E-state index contributed by atoms with van der Waals surface area (Å²) in [7, 11) is 1.24. The molecule has 1 rings (SSSR count). The zero-order chi connectivity index (χ0) is 12.7. The van der Waals surface area contributed by atoms with E-state index in [1.807, 2.05) is 0 Å². The summed E-state index contributed by atoms with van der Waals surface area (Å²) in [6.07, 6.45) is 0.576. The van der Waals surface area contributed by atoms with Crippen LogP contribution in [0.5, 0.6) is 11.5 Å². The molecule has 94 valence electrons. The van der Waals surface area contributed by atoms with Crippen LogP contribution in [-0.2, 0) is 9.57 Å². The Bertz CT molecular complexity index is 380. The lowest BCUT2D eigenvalue weighted by molar-refractivity contribution is 0.0591. The largest absolute Gasteiger partial charge is 0.507 e. The minimum Gasteiger partial charge on any atom is -0.507 e. The number of phenolic OH excluding ortho intramolecular Hbond substituents is 1. The average Bonchev–Trinajstić information content (AvgIpc) is 2.34. The maximum absolute atomic E-state index is 11.4. The lowest BCUT2D eigenvalue weighted by Gasteiger charge is -2.10. The van der Waals surface area contributed by atoms with Crippen LogP contribution in [0.3, 0.4) is 0 Å². The topological polar surface area (TPSA) is 91.0 Å². The Kier molecular flexibility index (Phi) is 5.25. The maximum Gasteiger partial charge on any atom is 0.345 e. The van der Waals surface area contributed by atoms with Crippen molar-refractivity contribution in [2.75, 3.05) is 20.3 Å². The fraction of sp³-hybridized carbons (Fsp3) is 0.364. The number of hydrogen-bond acceptors (Lipinski definition) is 6. The van der Waals surface area contributed by atoms with E-state index in [0.29, 0.717) is 19.6 Å². The number of rotatable bonds is 6. The van der Waals surface area contributed by atoms with E-state index in [4.69, 9.17) is 10.6 Å². The van der Waals surface area contributed by atoms with E-state index in [0.717, 1.165) is 0 Å². The van der Waals surface area contributed by atoms with Gasteiger partial charge in [0.05, 0.1) is 20.3 Å². The second kappa shape index (κ2) is 6.72. The molecule has 6 nitrogen and oxygen atoms in total. The molecule has 6 heteroatoms. The van der Waals surface area contributed by atoms with Crippen molar-refractivity contribution >= 4 is 5.97 Å². The number of carbonyl (C=O) groups excluding carboxylic acids is 1. The zero-order valence-corrected chi connectivity index (χ0v) is 9.51. The molecule has 0 saturated carbocycles. The van der Waals surface area contributed by atoms with Crippen molar-refractivity contribution in [3.63, 3.8) is 0 Å². The molecule has 3 N–H and O–H groups in total. The van der Waals surface area contributed by atoms with E-state index in [1.165, 1.54) is 13.2 Å². The van der Waals surface area contributed by atoms with Crippen molar-refractivity contribution in [3.05, 3.63) is 23.8 Å². The normalized spacial score (nSPS) is 10.0. The molecule has 0 aromatic heterocycles. The van der Waals surface area contributed by atoms with Gasteiger partial charge in [0.2, 0.25) is 0 Å². The first-order valence-corrected chi connectivity index (χ1v) is 5.05. The van der Waals surface area contributed by atoms with Crippen LogP contribution < -0.4 is 10.6 Å². The minimum atomic E-state index is -0.645. The van der Waals surface area contributed by atoms with Crippen LogP contribution in [0.2, 0.25) is 0 Å². The molecule has 0 aliphatic heterocycles. The van der Waals surface area contributed by atoms with Gasteiger partial charge in [0.25, 0.3) is 0 Å². The molecular weight excluding hydrogens is 226 g/mol. The summed E-state index contributed by atoms with van der Waals surface area (Å²) in [5.41, 5.74) is 0.0173. The van der Waals surface area contributed by atoms with Crippen molar-refractivity contribution in [2.45, 2.75) is 6.42 Å². The summed E-state index contributed by atoms with van der Waals surface area (Å²) < 4.78 is 9.91. The van der Waals surface area contributed by atoms with Gasteiger partial charge in [0, 0.05) is 6.42 Å². The first kappa shape index (κ1) is 13.3. The molecule has 1 aromatic rings. The molecule has 0 radical (unpaired) electrons. The zero-order valence-electron chi connectivity index (χ0n) is 9.51. The monoisotopic (exact) mass is 241 g/mol. The van der Waals surface area contributed by atoms with Gasteiger partial charge in [-0.2, -0.15) is 0 Å². The van der Waals surface area contributed by atoms with Gasteiger partial charge in [-0.1, -0.05) is 6.07 Å². The number of benzene rings is 1. The third-order valence-electron chi connectivity index (χ3n) is 2.06. The van der Waals surface area contributed by atoms with Crippen LogP contribution in [0.15, 0.2) is 18.2 Å². The van der Waals surface area contributed by atoms with Crippen molar-refractivity contribution in [1.29, 1.82) is 0 Å². The molecule has 0 unspecified atom stereocenters.